The summed E-state index contributed by atoms with van der Waals surface area (Å²) in [5.74, 6) is 0. The van der Waals surface area contributed by atoms with Gasteiger partial charge >= 0.3 is 0 Å². The Kier molecular flexibility index (Phi) is 4.11. The highest BCUT2D eigenvalue weighted by Crippen LogP contribution is 2.31. The van der Waals surface area contributed by atoms with E-state index in [1.165, 1.54) is 10.9 Å². The van der Waals surface area contributed by atoms with Gasteiger partial charge in [0.15, 0.2) is 0 Å². The first kappa shape index (κ1) is 14.3. The summed E-state index contributed by atoms with van der Waals surface area (Å²) in [6, 6.07) is 13.9. The number of hydrogen-bond acceptors (Lipinski definition) is 2. The van der Waals surface area contributed by atoms with Gasteiger partial charge in [-0.1, -0.05) is 41.4 Å². The van der Waals surface area contributed by atoms with Crippen molar-refractivity contribution in [2.45, 2.75) is 6.04 Å². The number of nitrogens with zero attached hydrogens (tertiary/aromatic N) is 1. The van der Waals surface area contributed by atoms with Crippen LogP contribution in [0, 0.1) is 0 Å². The van der Waals surface area contributed by atoms with Crippen LogP contribution in [0.3, 0.4) is 0 Å². The molecule has 1 N–H and O–H groups in total. The zero-order valence-electron chi connectivity index (χ0n) is 11.5. The van der Waals surface area contributed by atoms with Crippen molar-refractivity contribution in [1.29, 1.82) is 0 Å². The highest BCUT2D eigenvalue weighted by molar-refractivity contribution is 6.34. The van der Waals surface area contributed by atoms with Gasteiger partial charge in [0.25, 0.3) is 0 Å². The highest BCUT2D eigenvalue weighted by atomic mass is 35.5. The molecule has 0 aliphatic heterocycles. The largest absolute Gasteiger partial charge is 0.309 e. The van der Waals surface area contributed by atoms with Crippen LogP contribution in [-0.4, -0.2) is 12.0 Å². The summed E-state index contributed by atoms with van der Waals surface area (Å²) in [5, 5.41) is 6.90. The van der Waals surface area contributed by atoms with Gasteiger partial charge in [-0.3, -0.25) is 4.98 Å². The summed E-state index contributed by atoms with van der Waals surface area (Å²) in [5.41, 5.74) is 2.22. The van der Waals surface area contributed by atoms with E-state index in [1.54, 1.807) is 6.07 Å². The lowest BCUT2D eigenvalue weighted by Crippen LogP contribution is -2.18. The topological polar surface area (TPSA) is 24.9 Å². The molecule has 0 spiro atoms. The number of fused-ring (bicyclic) bond motifs is 1. The Morgan fingerprint density at radius 2 is 1.81 bits per heavy atom. The predicted molar refractivity (Wildman–Crippen MR) is 89.1 cm³/mol. The Morgan fingerprint density at radius 3 is 2.52 bits per heavy atom. The molecule has 0 radical (unpaired) electrons. The Balaban J connectivity index is 2.18. The van der Waals surface area contributed by atoms with E-state index in [9.17, 15) is 0 Å². The third kappa shape index (κ3) is 2.88. The lowest BCUT2D eigenvalue weighted by atomic mass is 9.94. The zero-order chi connectivity index (χ0) is 14.8. The Bertz CT molecular complexity index is 761. The molecule has 3 aromatic rings. The van der Waals surface area contributed by atoms with Crippen LogP contribution in [0.1, 0.15) is 17.2 Å². The van der Waals surface area contributed by atoms with Crippen LogP contribution >= 0.6 is 23.2 Å². The molecule has 0 amide bonds. The predicted octanol–water partition coefficient (Wildman–Crippen LogP) is 4.85. The van der Waals surface area contributed by atoms with Crippen molar-refractivity contribution in [3.63, 3.8) is 0 Å². The van der Waals surface area contributed by atoms with Gasteiger partial charge in [-0.15, -0.1) is 0 Å². The fraction of sp³-hybridized carbons (Fsp3) is 0.118. The molecule has 2 nitrogen and oxygen atoms in total. The minimum absolute atomic E-state index is 0.0206. The molecule has 106 valence electrons. The average molecular weight is 317 g/mol. The number of pyridine rings is 1. The Morgan fingerprint density at radius 1 is 1.05 bits per heavy atom. The highest BCUT2D eigenvalue weighted by Gasteiger charge is 2.15. The number of aromatic nitrogens is 1. The van der Waals surface area contributed by atoms with E-state index in [0.29, 0.717) is 10.0 Å². The molecule has 1 heterocycles. The van der Waals surface area contributed by atoms with Crippen molar-refractivity contribution in [2.75, 3.05) is 7.05 Å². The minimum Gasteiger partial charge on any atom is -0.309 e. The van der Waals surface area contributed by atoms with Gasteiger partial charge in [0.05, 0.1) is 6.04 Å². The fourth-order valence-electron chi connectivity index (χ4n) is 2.64. The molecule has 2 aromatic carbocycles. The van der Waals surface area contributed by atoms with Crippen LogP contribution in [0.15, 0.2) is 54.9 Å². The van der Waals surface area contributed by atoms with E-state index in [1.807, 2.05) is 43.7 Å². The molecule has 1 atom stereocenters. The third-order valence-electron chi connectivity index (χ3n) is 3.53. The van der Waals surface area contributed by atoms with Crippen molar-refractivity contribution in [3.05, 3.63) is 76.0 Å². The van der Waals surface area contributed by atoms with Crippen LogP contribution in [0.2, 0.25) is 10.0 Å². The van der Waals surface area contributed by atoms with Gasteiger partial charge in [-0.05, 0) is 47.8 Å². The average Bonchev–Trinajstić information content (AvgIpc) is 2.47. The quantitative estimate of drug-likeness (QED) is 0.747. The van der Waals surface area contributed by atoms with Crippen molar-refractivity contribution in [3.8, 4) is 0 Å². The van der Waals surface area contributed by atoms with Crippen molar-refractivity contribution in [1.82, 2.24) is 10.3 Å². The number of hydrogen-bond donors (Lipinski definition) is 1. The van der Waals surface area contributed by atoms with Crippen LogP contribution in [0.4, 0.5) is 0 Å². The Labute approximate surface area is 133 Å². The van der Waals surface area contributed by atoms with E-state index < -0.39 is 0 Å². The van der Waals surface area contributed by atoms with Gasteiger partial charge in [0.1, 0.15) is 0 Å². The Hall–Kier alpha value is -1.61. The SMILES string of the molecule is CNC(c1cc(Cl)cc(Cl)c1)c1cccc2cnccc12. The molecule has 3 rings (SSSR count). The molecule has 0 bridgehead atoms. The number of nitrogens with one attached hydrogen (secondary N) is 1. The van der Waals surface area contributed by atoms with Crippen molar-refractivity contribution in [2.24, 2.45) is 0 Å². The number of benzene rings is 2. The first-order valence-electron chi connectivity index (χ1n) is 6.65. The summed E-state index contributed by atoms with van der Waals surface area (Å²) in [4.78, 5) is 4.18. The van der Waals surface area contributed by atoms with Crippen molar-refractivity contribution < 1.29 is 0 Å². The maximum absolute atomic E-state index is 6.13. The molecule has 21 heavy (non-hydrogen) atoms. The molecule has 1 aromatic heterocycles. The molecule has 0 aliphatic carbocycles. The zero-order valence-corrected chi connectivity index (χ0v) is 13.0. The van der Waals surface area contributed by atoms with Crippen molar-refractivity contribution >= 4 is 34.0 Å². The summed E-state index contributed by atoms with van der Waals surface area (Å²) >= 11 is 12.3. The van der Waals surface area contributed by atoms with E-state index in [-0.39, 0.29) is 6.04 Å². The monoisotopic (exact) mass is 316 g/mol. The fourth-order valence-corrected chi connectivity index (χ4v) is 3.19. The van der Waals surface area contributed by atoms with Crippen LogP contribution in [-0.2, 0) is 0 Å². The van der Waals surface area contributed by atoms with Crippen LogP contribution in [0.5, 0.6) is 0 Å². The second-order valence-electron chi connectivity index (χ2n) is 4.87. The van der Waals surface area contributed by atoms with Gasteiger partial charge in [0, 0.05) is 27.8 Å². The van der Waals surface area contributed by atoms with E-state index >= 15 is 0 Å². The van der Waals surface area contributed by atoms with E-state index in [4.69, 9.17) is 23.2 Å². The molecule has 0 saturated carbocycles. The van der Waals surface area contributed by atoms with Crippen LogP contribution < -0.4 is 5.32 Å². The second-order valence-corrected chi connectivity index (χ2v) is 5.74. The summed E-state index contributed by atoms with van der Waals surface area (Å²) < 4.78 is 0. The molecular formula is C17H14Cl2N2. The maximum Gasteiger partial charge on any atom is 0.0581 e. The molecule has 0 saturated heterocycles. The molecule has 4 heteroatoms. The summed E-state index contributed by atoms with van der Waals surface area (Å²) in [7, 11) is 1.93. The second kappa shape index (κ2) is 6.02. The lowest BCUT2D eigenvalue weighted by Gasteiger charge is -2.20. The normalized spacial score (nSPS) is 12.5. The number of rotatable bonds is 3. The first-order valence-corrected chi connectivity index (χ1v) is 7.40. The van der Waals surface area contributed by atoms with Gasteiger partial charge in [-0.25, -0.2) is 0 Å². The lowest BCUT2D eigenvalue weighted by molar-refractivity contribution is 0.697. The number of halogens is 2. The van der Waals surface area contributed by atoms with Crippen LogP contribution in [0.25, 0.3) is 10.8 Å². The third-order valence-corrected chi connectivity index (χ3v) is 3.97. The van der Waals surface area contributed by atoms with Gasteiger partial charge < -0.3 is 5.32 Å². The molecule has 0 fully saturated rings. The summed E-state index contributed by atoms with van der Waals surface area (Å²) in [6.07, 6.45) is 3.68. The van der Waals surface area contributed by atoms with E-state index in [0.717, 1.165) is 10.9 Å². The van der Waals surface area contributed by atoms with E-state index in [2.05, 4.69) is 22.4 Å². The summed E-state index contributed by atoms with van der Waals surface area (Å²) in [6.45, 7) is 0. The maximum atomic E-state index is 6.13. The van der Waals surface area contributed by atoms with Gasteiger partial charge in [-0.2, -0.15) is 0 Å². The van der Waals surface area contributed by atoms with Gasteiger partial charge in [0.2, 0.25) is 0 Å². The first-order chi connectivity index (χ1) is 10.2. The minimum atomic E-state index is 0.0206. The molecule has 1 unspecified atom stereocenters. The molecule has 0 aliphatic rings. The standard InChI is InChI=1S/C17H14Cl2N2/c1-20-17(12-7-13(18)9-14(19)8-12)16-4-2-3-11-10-21-6-5-15(11)16/h2-10,17,20H,1H3. The smallest absolute Gasteiger partial charge is 0.0581 e. The molecular weight excluding hydrogens is 303 g/mol.